The van der Waals surface area contributed by atoms with E-state index in [4.69, 9.17) is 10.8 Å². The molecule has 1 amide bonds. The van der Waals surface area contributed by atoms with Crippen molar-refractivity contribution in [2.75, 3.05) is 13.1 Å². The molecule has 1 saturated heterocycles. The molecule has 0 aliphatic carbocycles. The molecule has 1 aromatic rings. The second-order valence-corrected chi connectivity index (χ2v) is 4.85. The largest absolute Gasteiger partial charge is 0.477 e. The fraction of sp³-hybridized carbons (Fsp3) is 0.400. The van der Waals surface area contributed by atoms with Crippen molar-refractivity contribution in [3.8, 4) is 0 Å². The lowest BCUT2D eigenvalue weighted by molar-refractivity contribution is 0.0701. The van der Waals surface area contributed by atoms with Crippen LogP contribution in [0.5, 0.6) is 0 Å². The average Bonchev–Trinajstić information content (AvgIpc) is 2.84. The van der Waals surface area contributed by atoms with Gasteiger partial charge >= 0.3 is 5.97 Å². The number of carbonyl (C=O) groups is 2. The predicted molar refractivity (Wildman–Crippen MR) is 59.8 cm³/mol. The van der Waals surface area contributed by atoms with Gasteiger partial charge in [0, 0.05) is 19.1 Å². The first-order valence-electron chi connectivity index (χ1n) is 4.96. The summed E-state index contributed by atoms with van der Waals surface area (Å²) in [7, 11) is 0. The van der Waals surface area contributed by atoms with Crippen molar-refractivity contribution in [2.45, 2.75) is 12.5 Å². The summed E-state index contributed by atoms with van der Waals surface area (Å²) in [6.07, 6.45) is 0.808. The van der Waals surface area contributed by atoms with Gasteiger partial charge in [0.25, 0.3) is 5.91 Å². The second kappa shape index (κ2) is 4.23. The SMILES string of the molecule is NC1CCN(C(=O)c2ccc(C(=O)O)s2)C1. The van der Waals surface area contributed by atoms with Crippen LogP contribution >= 0.6 is 11.3 Å². The van der Waals surface area contributed by atoms with E-state index in [1.807, 2.05) is 0 Å². The Balaban J connectivity index is 2.11. The average molecular weight is 240 g/mol. The fourth-order valence-corrected chi connectivity index (χ4v) is 2.51. The minimum Gasteiger partial charge on any atom is -0.477 e. The van der Waals surface area contributed by atoms with Gasteiger partial charge in [-0.2, -0.15) is 0 Å². The molecule has 1 atom stereocenters. The predicted octanol–water partition coefficient (Wildman–Crippen LogP) is 0.619. The lowest BCUT2D eigenvalue weighted by Gasteiger charge is -2.13. The smallest absolute Gasteiger partial charge is 0.345 e. The zero-order valence-corrected chi connectivity index (χ0v) is 9.37. The quantitative estimate of drug-likeness (QED) is 0.793. The number of carboxylic acids is 1. The van der Waals surface area contributed by atoms with Gasteiger partial charge in [0.05, 0.1) is 4.88 Å². The molecule has 2 heterocycles. The first-order valence-corrected chi connectivity index (χ1v) is 5.77. The number of nitrogens with zero attached hydrogens (tertiary/aromatic N) is 1. The number of hydrogen-bond donors (Lipinski definition) is 2. The molecule has 0 saturated carbocycles. The van der Waals surface area contributed by atoms with E-state index < -0.39 is 5.97 Å². The zero-order valence-electron chi connectivity index (χ0n) is 8.55. The van der Waals surface area contributed by atoms with Crippen LogP contribution in [0.1, 0.15) is 25.8 Å². The molecule has 0 bridgehead atoms. The number of nitrogens with two attached hydrogens (primary N) is 1. The fourth-order valence-electron chi connectivity index (χ4n) is 1.70. The Morgan fingerprint density at radius 1 is 1.44 bits per heavy atom. The molecule has 3 N–H and O–H groups in total. The Morgan fingerprint density at radius 3 is 2.62 bits per heavy atom. The van der Waals surface area contributed by atoms with Gasteiger partial charge < -0.3 is 15.7 Å². The van der Waals surface area contributed by atoms with Gasteiger partial charge in [0.15, 0.2) is 0 Å². The lowest BCUT2D eigenvalue weighted by Crippen LogP contribution is -2.31. The van der Waals surface area contributed by atoms with E-state index in [1.54, 1.807) is 11.0 Å². The Kier molecular flexibility index (Phi) is 2.93. The maximum Gasteiger partial charge on any atom is 0.345 e. The van der Waals surface area contributed by atoms with Crippen LogP contribution in [0.25, 0.3) is 0 Å². The summed E-state index contributed by atoms with van der Waals surface area (Å²) >= 11 is 1.01. The molecule has 1 aliphatic rings. The molecule has 1 aliphatic heterocycles. The van der Waals surface area contributed by atoms with Crippen molar-refractivity contribution >= 4 is 23.2 Å². The molecule has 0 spiro atoms. The normalized spacial score (nSPS) is 20.1. The molecule has 1 aromatic heterocycles. The van der Waals surface area contributed by atoms with Crippen molar-refractivity contribution in [3.05, 3.63) is 21.9 Å². The van der Waals surface area contributed by atoms with Crippen molar-refractivity contribution < 1.29 is 14.7 Å². The van der Waals surface area contributed by atoms with E-state index in [2.05, 4.69) is 0 Å². The van der Waals surface area contributed by atoms with E-state index in [1.165, 1.54) is 6.07 Å². The van der Waals surface area contributed by atoms with E-state index in [-0.39, 0.29) is 16.8 Å². The Hall–Kier alpha value is -1.40. The van der Waals surface area contributed by atoms with E-state index in [0.29, 0.717) is 18.0 Å². The Bertz CT molecular complexity index is 429. The molecule has 2 rings (SSSR count). The standard InChI is InChI=1S/C10H12N2O3S/c11-6-3-4-12(5-6)9(13)7-1-2-8(16-7)10(14)15/h1-2,6H,3-5,11H2,(H,14,15). The van der Waals surface area contributed by atoms with Crippen LogP contribution in [-0.4, -0.2) is 41.0 Å². The highest BCUT2D eigenvalue weighted by Crippen LogP contribution is 2.20. The third-order valence-electron chi connectivity index (χ3n) is 2.54. The summed E-state index contributed by atoms with van der Waals surface area (Å²) < 4.78 is 0. The first kappa shape index (κ1) is 11.1. The monoisotopic (exact) mass is 240 g/mol. The van der Waals surface area contributed by atoms with E-state index >= 15 is 0 Å². The number of hydrogen-bond acceptors (Lipinski definition) is 4. The summed E-state index contributed by atoms with van der Waals surface area (Å²) in [6.45, 7) is 1.21. The summed E-state index contributed by atoms with van der Waals surface area (Å²) in [6, 6.07) is 3.05. The van der Waals surface area contributed by atoms with Gasteiger partial charge in [0.1, 0.15) is 4.88 Å². The Labute approximate surface area is 96.5 Å². The van der Waals surface area contributed by atoms with Gasteiger partial charge in [-0.3, -0.25) is 4.79 Å². The minimum absolute atomic E-state index is 0.0443. The molecule has 16 heavy (non-hydrogen) atoms. The summed E-state index contributed by atoms with van der Waals surface area (Å²) in [5.74, 6) is -1.12. The molecule has 6 heteroatoms. The van der Waals surface area contributed by atoms with Gasteiger partial charge in [-0.05, 0) is 18.6 Å². The van der Waals surface area contributed by atoms with Crippen molar-refractivity contribution in [1.82, 2.24) is 4.90 Å². The van der Waals surface area contributed by atoms with Crippen LogP contribution < -0.4 is 5.73 Å². The molecule has 0 radical (unpaired) electrons. The van der Waals surface area contributed by atoms with Crippen molar-refractivity contribution in [1.29, 1.82) is 0 Å². The van der Waals surface area contributed by atoms with Gasteiger partial charge in [0.2, 0.25) is 0 Å². The topological polar surface area (TPSA) is 83.6 Å². The number of aromatic carboxylic acids is 1. The first-order chi connectivity index (χ1) is 7.58. The molecule has 86 valence electrons. The van der Waals surface area contributed by atoms with Crippen LogP contribution in [0, 0.1) is 0 Å². The molecule has 5 nitrogen and oxygen atoms in total. The summed E-state index contributed by atoms with van der Waals surface area (Å²) in [5, 5.41) is 8.75. The number of amides is 1. The van der Waals surface area contributed by atoms with E-state index in [0.717, 1.165) is 17.8 Å². The van der Waals surface area contributed by atoms with Crippen molar-refractivity contribution in [2.24, 2.45) is 5.73 Å². The van der Waals surface area contributed by atoms with E-state index in [9.17, 15) is 9.59 Å². The van der Waals surface area contributed by atoms with Crippen LogP contribution in [0.15, 0.2) is 12.1 Å². The number of thiophene rings is 1. The maximum absolute atomic E-state index is 11.9. The van der Waals surface area contributed by atoms with Gasteiger partial charge in [-0.1, -0.05) is 0 Å². The van der Waals surface area contributed by atoms with Crippen LogP contribution in [0.3, 0.4) is 0 Å². The number of carbonyl (C=O) groups excluding carboxylic acids is 1. The molecule has 0 aromatic carbocycles. The maximum atomic E-state index is 11.9. The molecular formula is C10H12N2O3S. The highest BCUT2D eigenvalue weighted by atomic mass is 32.1. The van der Waals surface area contributed by atoms with Crippen LogP contribution in [0.4, 0.5) is 0 Å². The molecule has 1 unspecified atom stereocenters. The lowest BCUT2D eigenvalue weighted by atomic mass is 10.3. The third kappa shape index (κ3) is 2.07. The summed E-state index contributed by atoms with van der Waals surface area (Å²) in [4.78, 5) is 24.9. The number of likely N-dealkylation sites (tertiary alicyclic amines) is 1. The number of carboxylic acid groups (broad SMARTS) is 1. The highest BCUT2D eigenvalue weighted by Gasteiger charge is 2.25. The zero-order chi connectivity index (χ0) is 11.7. The van der Waals surface area contributed by atoms with Gasteiger partial charge in [-0.15, -0.1) is 11.3 Å². The highest BCUT2D eigenvalue weighted by molar-refractivity contribution is 7.15. The molecule has 1 fully saturated rings. The van der Waals surface area contributed by atoms with Gasteiger partial charge in [-0.25, -0.2) is 4.79 Å². The van der Waals surface area contributed by atoms with Crippen molar-refractivity contribution in [3.63, 3.8) is 0 Å². The minimum atomic E-state index is -0.998. The Morgan fingerprint density at radius 2 is 2.12 bits per heavy atom. The van der Waals surface area contributed by atoms with Crippen LogP contribution in [-0.2, 0) is 0 Å². The second-order valence-electron chi connectivity index (χ2n) is 3.77. The summed E-state index contributed by atoms with van der Waals surface area (Å²) in [5.41, 5.74) is 5.71. The molecular weight excluding hydrogens is 228 g/mol. The third-order valence-corrected chi connectivity index (χ3v) is 3.60. The number of rotatable bonds is 2. The van der Waals surface area contributed by atoms with Crippen LogP contribution in [0.2, 0.25) is 0 Å².